The summed E-state index contributed by atoms with van der Waals surface area (Å²) >= 11 is 0. The third-order valence-electron chi connectivity index (χ3n) is 4.83. The number of ether oxygens (including phenoxy) is 2. The van der Waals surface area contributed by atoms with Crippen LogP contribution in [0.2, 0.25) is 0 Å². The SMILES string of the molecule is COc1ccc(F)cc1CN1CCN(C(=O)CCC2CCO2)CC1. The van der Waals surface area contributed by atoms with Crippen molar-refractivity contribution in [2.45, 2.75) is 31.9 Å². The summed E-state index contributed by atoms with van der Waals surface area (Å²) in [5, 5.41) is 0. The Hall–Kier alpha value is -1.66. The molecule has 1 aromatic rings. The Morgan fingerprint density at radius 2 is 2.08 bits per heavy atom. The van der Waals surface area contributed by atoms with Gasteiger partial charge >= 0.3 is 0 Å². The van der Waals surface area contributed by atoms with Crippen LogP contribution in [0, 0.1) is 5.82 Å². The number of carbonyl (C=O) groups is 1. The predicted octanol–water partition coefficient (Wildman–Crippen LogP) is 2.05. The van der Waals surface area contributed by atoms with Crippen molar-refractivity contribution >= 4 is 5.91 Å². The van der Waals surface area contributed by atoms with Crippen molar-refractivity contribution in [1.29, 1.82) is 0 Å². The minimum Gasteiger partial charge on any atom is -0.496 e. The molecule has 0 aliphatic carbocycles. The summed E-state index contributed by atoms with van der Waals surface area (Å²) in [4.78, 5) is 16.4. The standard InChI is InChI=1S/C18H25FN2O3/c1-23-17-4-2-15(19)12-14(17)13-20-7-9-21(10-8-20)18(22)5-3-16-6-11-24-16/h2,4,12,16H,3,5-11,13H2,1H3. The van der Waals surface area contributed by atoms with Gasteiger partial charge in [0.05, 0.1) is 13.2 Å². The van der Waals surface area contributed by atoms with Gasteiger partial charge < -0.3 is 14.4 Å². The first-order valence-corrected chi connectivity index (χ1v) is 8.60. The lowest BCUT2D eigenvalue weighted by molar-refractivity contribution is -0.135. The van der Waals surface area contributed by atoms with E-state index >= 15 is 0 Å². The molecule has 0 spiro atoms. The van der Waals surface area contributed by atoms with Gasteiger partial charge in [0.25, 0.3) is 0 Å². The van der Waals surface area contributed by atoms with Gasteiger partial charge in [0.15, 0.2) is 0 Å². The Kier molecular flexibility index (Phi) is 5.68. The number of rotatable bonds is 6. The van der Waals surface area contributed by atoms with Gasteiger partial charge in [-0.05, 0) is 31.0 Å². The van der Waals surface area contributed by atoms with Crippen LogP contribution in [0.25, 0.3) is 0 Å². The minimum absolute atomic E-state index is 0.216. The number of amides is 1. The Balaban J connectivity index is 1.46. The second-order valence-electron chi connectivity index (χ2n) is 6.43. The first-order valence-electron chi connectivity index (χ1n) is 8.60. The van der Waals surface area contributed by atoms with Gasteiger partial charge in [0, 0.05) is 51.3 Å². The maximum atomic E-state index is 13.5. The van der Waals surface area contributed by atoms with E-state index in [0.29, 0.717) is 18.7 Å². The van der Waals surface area contributed by atoms with Gasteiger partial charge in [-0.1, -0.05) is 0 Å². The van der Waals surface area contributed by atoms with E-state index < -0.39 is 0 Å². The van der Waals surface area contributed by atoms with E-state index in [4.69, 9.17) is 9.47 Å². The maximum absolute atomic E-state index is 13.5. The predicted molar refractivity (Wildman–Crippen MR) is 88.4 cm³/mol. The largest absolute Gasteiger partial charge is 0.496 e. The molecule has 6 heteroatoms. The molecule has 1 unspecified atom stereocenters. The summed E-state index contributed by atoms with van der Waals surface area (Å²) in [6.07, 6.45) is 2.77. The zero-order chi connectivity index (χ0) is 16.9. The van der Waals surface area contributed by atoms with E-state index in [-0.39, 0.29) is 17.8 Å². The molecule has 0 radical (unpaired) electrons. The third-order valence-corrected chi connectivity index (χ3v) is 4.83. The van der Waals surface area contributed by atoms with E-state index in [9.17, 15) is 9.18 Å². The Morgan fingerprint density at radius 1 is 1.33 bits per heavy atom. The van der Waals surface area contributed by atoms with Crippen LogP contribution in [-0.2, 0) is 16.1 Å². The molecule has 2 saturated heterocycles. The highest BCUT2D eigenvalue weighted by Gasteiger charge is 2.24. The summed E-state index contributed by atoms with van der Waals surface area (Å²) in [6.45, 7) is 4.51. The van der Waals surface area contributed by atoms with Gasteiger partial charge in [-0.25, -0.2) is 4.39 Å². The number of nitrogens with zero attached hydrogens (tertiary/aromatic N) is 2. The van der Waals surface area contributed by atoms with Gasteiger partial charge in [-0.3, -0.25) is 9.69 Å². The van der Waals surface area contributed by atoms with Crippen LogP contribution >= 0.6 is 0 Å². The molecular weight excluding hydrogens is 311 g/mol. The number of methoxy groups -OCH3 is 1. The van der Waals surface area contributed by atoms with Crippen LogP contribution in [0.5, 0.6) is 5.75 Å². The molecule has 5 nitrogen and oxygen atoms in total. The Morgan fingerprint density at radius 3 is 2.71 bits per heavy atom. The van der Waals surface area contributed by atoms with Gasteiger partial charge in [-0.15, -0.1) is 0 Å². The van der Waals surface area contributed by atoms with Crippen molar-refractivity contribution < 1.29 is 18.7 Å². The number of hydrogen-bond donors (Lipinski definition) is 0. The fraction of sp³-hybridized carbons (Fsp3) is 0.611. The van der Waals surface area contributed by atoms with Crippen LogP contribution < -0.4 is 4.74 Å². The van der Waals surface area contributed by atoms with E-state index in [1.54, 1.807) is 13.2 Å². The van der Waals surface area contributed by atoms with E-state index in [0.717, 1.165) is 51.2 Å². The topological polar surface area (TPSA) is 42.0 Å². The normalized spacial score (nSPS) is 21.4. The molecule has 0 N–H and O–H groups in total. The molecule has 0 saturated carbocycles. The molecule has 2 aliphatic heterocycles. The lowest BCUT2D eigenvalue weighted by Gasteiger charge is -2.35. The summed E-state index contributed by atoms with van der Waals surface area (Å²) in [5.41, 5.74) is 0.847. The molecule has 3 rings (SSSR count). The lowest BCUT2D eigenvalue weighted by Crippen LogP contribution is -2.48. The summed E-state index contributed by atoms with van der Waals surface area (Å²) in [5.74, 6) is 0.668. The smallest absolute Gasteiger partial charge is 0.222 e. The molecule has 2 heterocycles. The van der Waals surface area contributed by atoms with Crippen molar-refractivity contribution in [1.82, 2.24) is 9.80 Å². The van der Waals surface area contributed by atoms with Crippen molar-refractivity contribution in [3.05, 3.63) is 29.6 Å². The van der Waals surface area contributed by atoms with E-state index in [1.165, 1.54) is 12.1 Å². The molecule has 0 aromatic heterocycles. The molecule has 24 heavy (non-hydrogen) atoms. The van der Waals surface area contributed by atoms with Crippen LogP contribution in [0.4, 0.5) is 4.39 Å². The number of carbonyl (C=O) groups excluding carboxylic acids is 1. The first-order chi connectivity index (χ1) is 11.7. The van der Waals surface area contributed by atoms with Gasteiger partial charge in [0.1, 0.15) is 11.6 Å². The molecule has 1 amide bonds. The lowest BCUT2D eigenvalue weighted by atomic mass is 10.1. The quantitative estimate of drug-likeness (QED) is 0.797. The van der Waals surface area contributed by atoms with Crippen molar-refractivity contribution in [2.24, 2.45) is 0 Å². The monoisotopic (exact) mass is 336 g/mol. The fourth-order valence-electron chi connectivity index (χ4n) is 3.22. The van der Waals surface area contributed by atoms with Crippen LogP contribution in [0.15, 0.2) is 18.2 Å². The minimum atomic E-state index is -0.252. The average molecular weight is 336 g/mol. The summed E-state index contributed by atoms with van der Waals surface area (Å²) < 4.78 is 24.1. The number of hydrogen-bond acceptors (Lipinski definition) is 4. The first kappa shape index (κ1) is 17.2. The zero-order valence-electron chi connectivity index (χ0n) is 14.2. The highest BCUT2D eigenvalue weighted by atomic mass is 19.1. The van der Waals surface area contributed by atoms with Crippen LogP contribution in [-0.4, -0.2) is 61.7 Å². The van der Waals surface area contributed by atoms with Gasteiger partial charge in [0.2, 0.25) is 5.91 Å². The molecule has 0 bridgehead atoms. The highest BCUT2D eigenvalue weighted by Crippen LogP contribution is 2.22. The van der Waals surface area contributed by atoms with Gasteiger partial charge in [-0.2, -0.15) is 0 Å². The van der Waals surface area contributed by atoms with E-state index in [2.05, 4.69) is 4.90 Å². The van der Waals surface area contributed by atoms with E-state index in [1.807, 2.05) is 4.90 Å². The third kappa shape index (κ3) is 4.24. The van der Waals surface area contributed by atoms with Crippen LogP contribution in [0.1, 0.15) is 24.8 Å². The van der Waals surface area contributed by atoms with Crippen LogP contribution in [0.3, 0.4) is 0 Å². The maximum Gasteiger partial charge on any atom is 0.222 e. The molecule has 1 atom stereocenters. The summed E-state index contributed by atoms with van der Waals surface area (Å²) in [7, 11) is 1.60. The number of benzene rings is 1. The van der Waals surface area contributed by atoms with Crippen molar-refractivity contribution in [2.75, 3.05) is 39.9 Å². The molecular formula is C18H25FN2O3. The zero-order valence-corrected chi connectivity index (χ0v) is 14.2. The molecule has 1 aromatic carbocycles. The number of piperazine rings is 1. The van der Waals surface area contributed by atoms with Crippen molar-refractivity contribution in [3.8, 4) is 5.75 Å². The Labute approximate surface area is 142 Å². The molecule has 2 aliphatic rings. The molecule has 132 valence electrons. The second kappa shape index (κ2) is 7.94. The highest BCUT2D eigenvalue weighted by molar-refractivity contribution is 5.76. The number of halogens is 1. The average Bonchev–Trinajstić information content (AvgIpc) is 2.54. The Bertz CT molecular complexity index is 569. The summed E-state index contributed by atoms with van der Waals surface area (Å²) in [6, 6.07) is 4.59. The molecule has 2 fully saturated rings. The van der Waals surface area contributed by atoms with Crippen molar-refractivity contribution in [3.63, 3.8) is 0 Å². The second-order valence-corrected chi connectivity index (χ2v) is 6.43. The fourth-order valence-corrected chi connectivity index (χ4v) is 3.22.